The SMILES string of the molecule is CCC1(CC2=Cc3c(-c4ccc([Si](C)(C)C)cc4)cccc3[CH]2[Zr]([CH3])([CH3])(=[SiH2])[CH]2C(CC3(CC)CCCCCCC3)=Cc3c(-c4ccc([Si](C)(C)C)cc4)cccc32)CCCCCCC1.Cl.Cl. The van der Waals surface area contributed by atoms with Crippen LogP contribution in [0.15, 0.2) is 96.1 Å². The molecule has 66 heavy (non-hydrogen) atoms. The average Bonchev–Trinajstić information content (AvgIpc) is 3.81. The van der Waals surface area contributed by atoms with E-state index in [0.717, 1.165) is 0 Å². The van der Waals surface area contributed by atoms with Gasteiger partial charge in [-0.25, -0.2) is 0 Å². The first kappa shape index (κ1) is 53.8. The van der Waals surface area contributed by atoms with Crippen LogP contribution in [0.2, 0.25) is 48.5 Å². The van der Waals surface area contributed by atoms with Crippen molar-refractivity contribution in [3.05, 3.63) is 118 Å². The standard InChI is InChI=1S/2C29H39Si.2CH3.2ClH.H2Si.Zr/c2*1-5-29(18-9-7-6-8-10-19-29)22-23-20-25-12-11-13-27(28(25)21-23)24-14-16-26(17-15-24)30(2,3)4;;;;;;/h2*11-17,20-21H,5-10,18-19,22H2,1-4H3;2*1H3;2*1H;1H2;. The molecule has 4 aliphatic carbocycles. The topological polar surface area (TPSA) is 0 Å². The third kappa shape index (κ3) is 11.0. The van der Waals surface area contributed by atoms with Crippen molar-refractivity contribution in [2.75, 3.05) is 0 Å². The predicted molar refractivity (Wildman–Crippen MR) is 305 cm³/mol. The van der Waals surface area contributed by atoms with Crippen LogP contribution in [0.1, 0.15) is 159 Å². The van der Waals surface area contributed by atoms with E-state index in [9.17, 15) is 0 Å². The molecule has 0 nitrogen and oxygen atoms in total. The van der Waals surface area contributed by atoms with E-state index in [-0.39, 0.29) is 24.8 Å². The largest absolute Gasteiger partial charge is 0.147 e. The van der Waals surface area contributed by atoms with Crippen LogP contribution in [-0.2, 0) is 17.4 Å². The van der Waals surface area contributed by atoms with Crippen molar-refractivity contribution in [1.29, 1.82) is 0 Å². The van der Waals surface area contributed by atoms with E-state index in [2.05, 4.69) is 166 Å². The number of benzene rings is 4. The molecule has 0 heterocycles. The summed E-state index contributed by atoms with van der Waals surface area (Å²) in [5, 5.41) is 3.11. The second-order valence-electron chi connectivity index (χ2n) is 25.1. The van der Waals surface area contributed by atoms with Gasteiger partial charge in [0.25, 0.3) is 0 Å². The molecule has 0 aromatic heterocycles. The molecule has 0 amide bonds. The summed E-state index contributed by atoms with van der Waals surface area (Å²) in [7, 11) is -2.81. The zero-order valence-corrected chi connectivity index (χ0v) is 50.6. The molecule has 0 spiro atoms. The number of hydrogen-bond acceptors (Lipinski definition) is 0. The molecule has 2 saturated carbocycles. The number of fused-ring (bicyclic) bond motifs is 2. The van der Waals surface area contributed by atoms with Crippen LogP contribution in [-0.4, -0.2) is 23.0 Å². The molecule has 2 fully saturated rings. The fourth-order valence-electron chi connectivity index (χ4n) is 13.9. The molecule has 4 aromatic rings. The number of halogens is 2. The first-order valence-electron chi connectivity index (χ1n) is 26.3. The van der Waals surface area contributed by atoms with Crippen LogP contribution in [0.25, 0.3) is 34.4 Å². The van der Waals surface area contributed by atoms with E-state index in [1.54, 1.807) is 32.6 Å². The van der Waals surface area contributed by atoms with Gasteiger partial charge in [-0.05, 0) is 0 Å². The normalized spacial score (nSPS) is 21.1. The molecule has 4 aromatic carbocycles. The maximum atomic E-state index is 2.96. The molecule has 0 radical (unpaired) electrons. The maximum Gasteiger partial charge on any atom is -0.147 e. The summed E-state index contributed by atoms with van der Waals surface area (Å²) in [5.41, 5.74) is 16.6. The third-order valence-corrected chi connectivity index (χ3v) is 39.4. The van der Waals surface area contributed by atoms with Crippen LogP contribution in [0.4, 0.5) is 0 Å². The Kier molecular flexibility index (Phi) is 17.2. The monoisotopic (exact) mass is 1050 g/mol. The molecule has 0 aliphatic heterocycles. The van der Waals surface area contributed by atoms with Crippen molar-refractivity contribution in [2.45, 2.75) is 185 Å². The summed E-state index contributed by atoms with van der Waals surface area (Å²) in [5.74, 6) is 0. The molecular weight excluding hydrogens is 967 g/mol. The van der Waals surface area contributed by atoms with Gasteiger partial charge in [0.15, 0.2) is 0 Å². The Labute approximate surface area is 420 Å². The fourth-order valence-corrected chi connectivity index (χ4v) is 35.9. The van der Waals surface area contributed by atoms with Crippen molar-refractivity contribution in [3.8, 4) is 22.3 Å². The Balaban J connectivity index is 0.00000360. The quantitative estimate of drug-likeness (QED) is 0.124. The van der Waals surface area contributed by atoms with Crippen molar-refractivity contribution < 1.29 is 17.4 Å². The van der Waals surface area contributed by atoms with Crippen molar-refractivity contribution in [2.24, 2.45) is 10.8 Å². The van der Waals surface area contributed by atoms with E-state index < -0.39 is 33.5 Å². The molecule has 2 unspecified atom stereocenters. The minimum Gasteiger partial charge on any atom is -0.147 e. The molecule has 0 bridgehead atoms. The fraction of sp³-hybridized carbons (Fsp3) is 0.533. The van der Waals surface area contributed by atoms with Gasteiger partial charge in [0.05, 0.1) is 0 Å². The number of allylic oxidation sites excluding steroid dienone is 2. The van der Waals surface area contributed by atoms with Gasteiger partial charge >= 0.3 is 400 Å². The number of hydrogen-bond donors (Lipinski definition) is 0. The second-order valence-corrected chi connectivity index (χ2v) is 65.7. The third-order valence-electron chi connectivity index (χ3n) is 17.8. The van der Waals surface area contributed by atoms with Gasteiger partial charge in [0.1, 0.15) is 0 Å². The van der Waals surface area contributed by atoms with Gasteiger partial charge < -0.3 is 0 Å². The van der Waals surface area contributed by atoms with E-state index in [1.807, 2.05) is 11.1 Å². The van der Waals surface area contributed by atoms with Crippen molar-refractivity contribution in [1.82, 2.24) is 0 Å². The molecule has 4 aliphatic rings. The first-order valence-corrected chi connectivity index (χ1v) is 47.0. The Morgan fingerprint density at radius 2 is 0.803 bits per heavy atom. The molecule has 6 heteroatoms. The van der Waals surface area contributed by atoms with E-state index in [0.29, 0.717) is 18.1 Å². The number of rotatable bonds is 12. The molecule has 0 N–H and O–H groups in total. The maximum absolute atomic E-state index is 4.04. The van der Waals surface area contributed by atoms with E-state index in [1.165, 1.54) is 138 Å². The van der Waals surface area contributed by atoms with Crippen LogP contribution < -0.4 is 10.4 Å². The second kappa shape index (κ2) is 21.1. The Bertz CT molecular complexity index is 2260. The first-order chi connectivity index (χ1) is 30.4. The predicted octanol–water partition coefficient (Wildman–Crippen LogP) is 17.9. The Morgan fingerprint density at radius 1 is 0.485 bits per heavy atom. The van der Waals surface area contributed by atoms with Gasteiger partial charge in [0.2, 0.25) is 0 Å². The van der Waals surface area contributed by atoms with Crippen LogP contribution in [0, 0.1) is 10.8 Å². The van der Waals surface area contributed by atoms with Crippen molar-refractivity contribution in [3.63, 3.8) is 0 Å². The Morgan fingerprint density at radius 3 is 1.11 bits per heavy atom. The molecular formula is C60H88Cl2Si3Zr. The average molecular weight is 1060 g/mol. The molecule has 8 rings (SSSR count). The van der Waals surface area contributed by atoms with Crippen LogP contribution in [0.5, 0.6) is 0 Å². The van der Waals surface area contributed by atoms with E-state index >= 15 is 0 Å². The van der Waals surface area contributed by atoms with Gasteiger partial charge in [-0.1, -0.05) is 0 Å². The van der Waals surface area contributed by atoms with Crippen LogP contribution >= 0.6 is 24.8 Å². The molecule has 358 valence electrons. The van der Waals surface area contributed by atoms with Gasteiger partial charge in [-0.15, -0.1) is 24.8 Å². The zero-order chi connectivity index (χ0) is 45.6. The minimum atomic E-state index is -4.04. The summed E-state index contributed by atoms with van der Waals surface area (Å²) >= 11 is -4.04. The Hall–Kier alpha value is -1.53. The van der Waals surface area contributed by atoms with Crippen LogP contribution in [0.3, 0.4) is 0 Å². The van der Waals surface area contributed by atoms with E-state index in [4.69, 9.17) is 0 Å². The smallest absolute Gasteiger partial charge is 0.147 e. The van der Waals surface area contributed by atoms with Crippen molar-refractivity contribution >= 4 is 70.4 Å². The summed E-state index contributed by atoms with van der Waals surface area (Å²) in [6, 6.07) is 34.8. The summed E-state index contributed by atoms with van der Waals surface area (Å²) in [6.07, 6.45) is 30.5. The minimum absolute atomic E-state index is 0. The zero-order valence-electron chi connectivity index (χ0n) is 43.1. The molecule has 0 saturated heterocycles. The van der Waals surface area contributed by atoms with Gasteiger partial charge in [0, 0.05) is 0 Å². The van der Waals surface area contributed by atoms with Gasteiger partial charge in [-0.3, -0.25) is 0 Å². The summed E-state index contributed by atoms with van der Waals surface area (Å²) in [6.45, 7) is 22.6. The molecule has 2 atom stereocenters. The summed E-state index contributed by atoms with van der Waals surface area (Å²) in [4.78, 5) is 0. The summed E-state index contributed by atoms with van der Waals surface area (Å²) < 4.78 is 6.97. The van der Waals surface area contributed by atoms with Gasteiger partial charge in [-0.2, -0.15) is 0 Å².